The number of halogens is 1. The molecule has 1 N–H and O–H groups in total. The molecule has 0 radical (unpaired) electrons. The number of carbonyl (C=O) groups excluding carboxylic acids is 1. The fraction of sp³-hybridized carbons (Fsp3) is 0.632. The normalized spacial score (nSPS) is 22.7. The van der Waals surface area contributed by atoms with Crippen LogP contribution in [0.25, 0.3) is 0 Å². The molecule has 0 aliphatic carbocycles. The van der Waals surface area contributed by atoms with Crippen molar-refractivity contribution < 1.29 is 13.9 Å². The van der Waals surface area contributed by atoms with Gasteiger partial charge in [-0.1, -0.05) is 12.1 Å². The number of carbonyl (C=O) groups is 1. The van der Waals surface area contributed by atoms with Crippen molar-refractivity contribution in [3.8, 4) is 0 Å². The predicted molar refractivity (Wildman–Crippen MR) is 91.4 cm³/mol. The second-order valence-corrected chi connectivity index (χ2v) is 6.98. The standard InChI is InChI=1S/C19H27FN2O2/c1-14-12-15(2-4-18(14)20)3-5-19(23)21-16-6-9-22(13-16)17-7-10-24-11-8-17/h2,4,12,16-17H,3,5-11,13H2,1H3,(H,21,23). The zero-order chi connectivity index (χ0) is 16.9. The van der Waals surface area contributed by atoms with Crippen molar-refractivity contribution in [3.63, 3.8) is 0 Å². The Hall–Kier alpha value is -1.46. The third kappa shape index (κ3) is 4.54. The highest BCUT2D eigenvalue weighted by Gasteiger charge is 2.29. The second kappa shape index (κ2) is 8.08. The Morgan fingerprint density at radius 2 is 2.12 bits per heavy atom. The van der Waals surface area contributed by atoms with Gasteiger partial charge in [0.1, 0.15) is 5.82 Å². The van der Waals surface area contributed by atoms with Gasteiger partial charge in [0.2, 0.25) is 5.91 Å². The van der Waals surface area contributed by atoms with E-state index in [1.165, 1.54) is 6.07 Å². The van der Waals surface area contributed by atoms with Gasteiger partial charge in [0.25, 0.3) is 0 Å². The van der Waals surface area contributed by atoms with E-state index < -0.39 is 0 Å². The summed E-state index contributed by atoms with van der Waals surface area (Å²) in [6.45, 7) is 5.48. The zero-order valence-electron chi connectivity index (χ0n) is 14.4. The van der Waals surface area contributed by atoms with Crippen LogP contribution in [-0.4, -0.2) is 49.2 Å². The maximum absolute atomic E-state index is 13.3. The van der Waals surface area contributed by atoms with Gasteiger partial charge in [-0.2, -0.15) is 0 Å². The molecule has 0 bridgehead atoms. The minimum absolute atomic E-state index is 0.0933. The Balaban J connectivity index is 1.41. The van der Waals surface area contributed by atoms with Gasteiger partial charge in [-0.05, 0) is 49.8 Å². The Morgan fingerprint density at radius 3 is 2.88 bits per heavy atom. The van der Waals surface area contributed by atoms with E-state index in [1.54, 1.807) is 13.0 Å². The summed E-state index contributed by atoms with van der Waals surface area (Å²) in [5, 5.41) is 3.16. The summed E-state index contributed by atoms with van der Waals surface area (Å²) in [6.07, 6.45) is 4.34. The van der Waals surface area contributed by atoms with Gasteiger partial charge in [-0.15, -0.1) is 0 Å². The van der Waals surface area contributed by atoms with Crippen LogP contribution in [0.2, 0.25) is 0 Å². The van der Waals surface area contributed by atoms with Gasteiger partial charge >= 0.3 is 0 Å². The van der Waals surface area contributed by atoms with E-state index in [1.807, 2.05) is 6.07 Å². The molecule has 0 spiro atoms. The first-order valence-electron chi connectivity index (χ1n) is 8.98. The van der Waals surface area contributed by atoms with E-state index in [-0.39, 0.29) is 17.8 Å². The molecular formula is C19H27FN2O2. The lowest BCUT2D eigenvalue weighted by atomic mass is 10.1. The fourth-order valence-electron chi connectivity index (χ4n) is 3.71. The molecule has 2 saturated heterocycles. The molecule has 4 nitrogen and oxygen atoms in total. The molecule has 5 heteroatoms. The summed E-state index contributed by atoms with van der Waals surface area (Å²) in [4.78, 5) is 14.7. The summed E-state index contributed by atoms with van der Waals surface area (Å²) in [5.41, 5.74) is 1.65. The number of nitrogens with one attached hydrogen (secondary N) is 1. The lowest BCUT2D eigenvalue weighted by molar-refractivity contribution is -0.121. The van der Waals surface area contributed by atoms with Crippen molar-refractivity contribution in [1.82, 2.24) is 10.2 Å². The number of hydrogen-bond donors (Lipinski definition) is 1. The van der Waals surface area contributed by atoms with Crippen molar-refractivity contribution >= 4 is 5.91 Å². The van der Waals surface area contributed by atoms with Crippen LogP contribution in [-0.2, 0) is 16.0 Å². The zero-order valence-corrected chi connectivity index (χ0v) is 14.4. The lowest BCUT2D eigenvalue weighted by Gasteiger charge is -2.31. The molecular weight excluding hydrogens is 307 g/mol. The number of likely N-dealkylation sites (tertiary alicyclic amines) is 1. The Bertz CT molecular complexity index is 572. The van der Waals surface area contributed by atoms with E-state index >= 15 is 0 Å². The number of nitrogens with zero attached hydrogens (tertiary/aromatic N) is 1. The highest BCUT2D eigenvalue weighted by Crippen LogP contribution is 2.20. The highest BCUT2D eigenvalue weighted by molar-refractivity contribution is 5.76. The molecule has 1 amide bonds. The largest absolute Gasteiger partial charge is 0.381 e. The molecule has 0 saturated carbocycles. The Morgan fingerprint density at radius 1 is 1.33 bits per heavy atom. The van der Waals surface area contributed by atoms with E-state index in [0.29, 0.717) is 24.4 Å². The number of rotatable bonds is 5. The molecule has 2 heterocycles. The minimum Gasteiger partial charge on any atom is -0.381 e. The van der Waals surface area contributed by atoms with Crippen LogP contribution in [0.15, 0.2) is 18.2 Å². The van der Waals surface area contributed by atoms with Gasteiger partial charge in [-0.3, -0.25) is 9.69 Å². The van der Waals surface area contributed by atoms with Crippen molar-refractivity contribution in [3.05, 3.63) is 35.1 Å². The van der Waals surface area contributed by atoms with Crippen LogP contribution in [0.4, 0.5) is 4.39 Å². The molecule has 1 aromatic rings. The summed E-state index contributed by atoms with van der Waals surface area (Å²) in [5.74, 6) is -0.0989. The molecule has 1 atom stereocenters. The molecule has 0 aromatic heterocycles. The molecule has 2 aliphatic rings. The lowest BCUT2D eigenvalue weighted by Crippen LogP contribution is -2.41. The Labute approximate surface area is 143 Å². The van der Waals surface area contributed by atoms with Crippen LogP contribution < -0.4 is 5.32 Å². The quantitative estimate of drug-likeness (QED) is 0.899. The van der Waals surface area contributed by atoms with E-state index in [4.69, 9.17) is 4.74 Å². The second-order valence-electron chi connectivity index (χ2n) is 6.98. The van der Waals surface area contributed by atoms with Crippen LogP contribution in [0.5, 0.6) is 0 Å². The molecule has 132 valence electrons. The first kappa shape index (κ1) is 17.4. The summed E-state index contributed by atoms with van der Waals surface area (Å²) in [7, 11) is 0. The third-order valence-corrected chi connectivity index (χ3v) is 5.16. The first-order valence-corrected chi connectivity index (χ1v) is 8.98. The van der Waals surface area contributed by atoms with Crippen LogP contribution in [0.3, 0.4) is 0 Å². The molecule has 24 heavy (non-hydrogen) atoms. The average Bonchev–Trinajstić information content (AvgIpc) is 3.05. The number of amides is 1. The smallest absolute Gasteiger partial charge is 0.220 e. The summed E-state index contributed by atoms with van der Waals surface area (Å²) in [6, 6.07) is 5.94. The molecule has 1 unspecified atom stereocenters. The number of hydrogen-bond acceptors (Lipinski definition) is 3. The average molecular weight is 334 g/mol. The van der Waals surface area contributed by atoms with Gasteiger partial charge in [0.05, 0.1) is 0 Å². The molecule has 2 aliphatic heterocycles. The summed E-state index contributed by atoms with van der Waals surface area (Å²) >= 11 is 0. The van der Waals surface area contributed by atoms with Gasteiger partial charge in [-0.25, -0.2) is 4.39 Å². The van der Waals surface area contributed by atoms with Crippen LogP contribution in [0, 0.1) is 12.7 Å². The number of ether oxygens (including phenoxy) is 1. The van der Waals surface area contributed by atoms with Crippen molar-refractivity contribution in [2.75, 3.05) is 26.3 Å². The summed E-state index contributed by atoms with van der Waals surface area (Å²) < 4.78 is 18.7. The van der Waals surface area contributed by atoms with E-state index in [2.05, 4.69) is 10.2 Å². The number of benzene rings is 1. The molecule has 2 fully saturated rings. The van der Waals surface area contributed by atoms with Crippen LogP contribution >= 0.6 is 0 Å². The Kier molecular flexibility index (Phi) is 5.85. The monoisotopic (exact) mass is 334 g/mol. The third-order valence-electron chi connectivity index (χ3n) is 5.16. The fourth-order valence-corrected chi connectivity index (χ4v) is 3.71. The molecule has 1 aromatic carbocycles. The van der Waals surface area contributed by atoms with E-state index in [9.17, 15) is 9.18 Å². The number of aryl methyl sites for hydroxylation is 2. The van der Waals surface area contributed by atoms with Crippen molar-refractivity contribution in [1.29, 1.82) is 0 Å². The van der Waals surface area contributed by atoms with Gasteiger partial charge < -0.3 is 10.1 Å². The maximum atomic E-state index is 13.3. The first-order chi connectivity index (χ1) is 11.6. The highest BCUT2D eigenvalue weighted by atomic mass is 19.1. The predicted octanol–water partition coefficient (Wildman–Crippen LogP) is 2.44. The van der Waals surface area contributed by atoms with Crippen molar-refractivity contribution in [2.45, 2.75) is 51.1 Å². The minimum atomic E-state index is -0.192. The SMILES string of the molecule is Cc1cc(CCC(=O)NC2CCN(C3CCOCC3)C2)ccc1F. The van der Waals surface area contributed by atoms with Gasteiger partial charge in [0.15, 0.2) is 0 Å². The van der Waals surface area contributed by atoms with Gasteiger partial charge in [0, 0.05) is 44.8 Å². The van der Waals surface area contributed by atoms with E-state index in [0.717, 1.165) is 51.1 Å². The molecule has 3 rings (SSSR count). The topological polar surface area (TPSA) is 41.6 Å². The van der Waals surface area contributed by atoms with Crippen LogP contribution in [0.1, 0.15) is 36.8 Å². The maximum Gasteiger partial charge on any atom is 0.220 e. The van der Waals surface area contributed by atoms with Crippen molar-refractivity contribution in [2.24, 2.45) is 0 Å².